The summed E-state index contributed by atoms with van der Waals surface area (Å²) < 4.78 is 13.2. The van der Waals surface area contributed by atoms with Gasteiger partial charge in [0.05, 0.1) is 0 Å². The number of amides is 1. The number of nitrogens with zero attached hydrogens (tertiary/aromatic N) is 1. The van der Waals surface area contributed by atoms with E-state index < -0.39 is 0 Å². The van der Waals surface area contributed by atoms with Crippen molar-refractivity contribution in [3.8, 4) is 0 Å². The molecule has 0 atom stereocenters. The Bertz CT molecular complexity index is 455. The molecule has 1 amide bonds. The van der Waals surface area contributed by atoms with Gasteiger partial charge >= 0.3 is 0 Å². The van der Waals surface area contributed by atoms with Gasteiger partial charge in [-0.25, -0.2) is 4.39 Å². The van der Waals surface area contributed by atoms with Crippen molar-refractivity contribution in [3.63, 3.8) is 0 Å². The first-order valence-electron chi connectivity index (χ1n) is 6.81. The summed E-state index contributed by atoms with van der Waals surface area (Å²) in [5.74, 6) is -0.382. The van der Waals surface area contributed by atoms with E-state index in [0.717, 1.165) is 25.7 Å². The second-order valence-electron chi connectivity index (χ2n) is 5.53. The number of hydrogen-bond acceptors (Lipinski definition) is 2. The lowest BCUT2D eigenvalue weighted by Gasteiger charge is -2.34. The Morgan fingerprint density at radius 2 is 2.05 bits per heavy atom. The van der Waals surface area contributed by atoms with Crippen LogP contribution in [-0.4, -0.2) is 18.5 Å². The van der Waals surface area contributed by atoms with Crippen LogP contribution in [0.3, 0.4) is 0 Å². The molecule has 0 spiro atoms. The summed E-state index contributed by atoms with van der Waals surface area (Å²) in [6, 6.07) is 6.06. The second-order valence-corrected chi connectivity index (χ2v) is 5.53. The van der Waals surface area contributed by atoms with Gasteiger partial charge in [0.25, 0.3) is 0 Å². The van der Waals surface area contributed by atoms with Crippen molar-refractivity contribution >= 4 is 11.6 Å². The van der Waals surface area contributed by atoms with Crippen LogP contribution in [0.25, 0.3) is 0 Å². The van der Waals surface area contributed by atoms with Gasteiger partial charge in [0.15, 0.2) is 0 Å². The quantitative estimate of drug-likeness (QED) is 0.912. The Labute approximate surface area is 113 Å². The SMILES string of the molecule is CN(C(=O)CC1(N)CCCCC1)c1cccc(F)c1. The molecule has 104 valence electrons. The van der Waals surface area contributed by atoms with Crippen molar-refractivity contribution in [1.29, 1.82) is 0 Å². The first-order chi connectivity index (χ1) is 9.00. The predicted octanol–water partition coefficient (Wildman–Crippen LogP) is 2.84. The van der Waals surface area contributed by atoms with E-state index in [-0.39, 0.29) is 17.3 Å². The molecule has 0 aromatic heterocycles. The maximum Gasteiger partial charge on any atom is 0.228 e. The number of carbonyl (C=O) groups excluding carboxylic acids is 1. The average molecular weight is 264 g/mol. The van der Waals surface area contributed by atoms with E-state index >= 15 is 0 Å². The van der Waals surface area contributed by atoms with E-state index in [4.69, 9.17) is 5.73 Å². The molecule has 0 aliphatic heterocycles. The van der Waals surface area contributed by atoms with Crippen LogP contribution in [-0.2, 0) is 4.79 Å². The molecule has 0 unspecified atom stereocenters. The summed E-state index contributed by atoms with van der Waals surface area (Å²) in [5, 5.41) is 0. The highest BCUT2D eigenvalue weighted by molar-refractivity contribution is 5.93. The molecule has 4 heteroatoms. The molecule has 3 nitrogen and oxygen atoms in total. The zero-order valence-electron chi connectivity index (χ0n) is 11.4. The van der Waals surface area contributed by atoms with Gasteiger partial charge in [0.2, 0.25) is 5.91 Å². The Balaban J connectivity index is 2.03. The first kappa shape index (κ1) is 14.0. The maximum atomic E-state index is 13.2. The van der Waals surface area contributed by atoms with E-state index in [1.165, 1.54) is 23.5 Å². The molecule has 0 bridgehead atoms. The van der Waals surface area contributed by atoms with Gasteiger partial charge in [-0.05, 0) is 31.0 Å². The van der Waals surface area contributed by atoms with Crippen LogP contribution in [0.5, 0.6) is 0 Å². The fraction of sp³-hybridized carbons (Fsp3) is 0.533. The molecule has 1 aromatic rings. The standard InChI is InChI=1S/C15H21FN2O/c1-18(13-7-5-6-12(16)10-13)14(19)11-15(17)8-3-2-4-9-15/h5-7,10H,2-4,8-9,11,17H2,1H3. The summed E-state index contributed by atoms with van der Waals surface area (Å²) >= 11 is 0. The molecular formula is C15H21FN2O. The minimum atomic E-state index is -0.378. The third-order valence-electron chi connectivity index (χ3n) is 3.92. The Kier molecular flexibility index (Phi) is 4.20. The summed E-state index contributed by atoms with van der Waals surface area (Å²) in [7, 11) is 1.67. The average Bonchev–Trinajstić information content (AvgIpc) is 2.38. The molecule has 1 fully saturated rings. The van der Waals surface area contributed by atoms with Gasteiger partial charge in [-0.3, -0.25) is 4.79 Å². The van der Waals surface area contributed by atoms with Crippen molar-refractivity contribution in [2.75, 3.05) is 11.9 Å². The Hall–Kier alpha value is -1.42. The van der Waals surface area contributed by atoms with Crippen molar-refractivity contribution in [2.45, 2.75) is 44.1 Å². The van der Waals surface area contributed by atoms with E-state index in [9.17, 15) is 9.18 Å². The van der Waals surface area contributed by atoms with Crippen LogP contribution < -0.4 is 10.6 Å². The maximum absolute atomic E-state index is 13.2. The predicted molar refractivity (Wildman–Crippen MR) is 74.4 cm³/mol. The molecule has 2 N–H and O–H groups in total. The van der Waals surface area contributed by atoms with E-state index in [2.05, 4.69) is 0 Å². The molecule has 1 aromatic carbocycles. The highest BCUT2D eigenvalue weighted by Gasteiger charge is 2.31. The van der Waals surface area contributed by atoms with Crippen LogP contribution in [0.1, 0.15) is 38.5 Å². The van der Waals surface area contributed by atoms with Crippen LogP contribution >= 0.6 is 0 Å². The van der Waals surface area contributed by atoms with Crippen molar-refractivity contribution < 1.29 is 9.18 Å². The van der Waals surface area contributed by atoms with Crippen LogP contribution in [0.4, 0.5) is 10.1 Å². The lowest BCUT2D eigenvalue weighted by Crippen LogP contribution is -2.46. The number of rotatable bonds is 3. The van der Waals surface area contributed by atoms with Crippen LogP contribution in [0.15, 0.2) is 24.3 Å². The van der Waals surface area contributed by atoms with Crippen molar-refractivity contribution in [1.82, 2.24) is 0 Å². The van der Waals surface area contributed by atoms with E-state index in [0.29, 0.717) is 12.1 Å². The Morgan fingerprint density at radius 3 is 2.68 bits per heavy atom. The van der Waals surface area contributed by atoms with Gasteiger partial charge in [-0.2, -0.15) is 0 Å². The second kappa shape index (κ2) is 5.70. The number of anilines is 1. The highest BCUT2D eigenvalue weighted by atomic mass is 19.1. The van der Waals surface area contributed by atoms with Crippen molar-refractivity contribution in [2.24, 2.45) is 5.73 Å². The smallest absolute Gasteiger partial charge is 0.228 e. The van der Waals surface area contributed by atoms with Gasteiger partial charge < -0.3 is 10.6 Å². The van der Waals surface area contributed by atoms with Gasteiger partial charge in [0.1, 0.15) is 5.82 Å². The van der Waals surface area contributed by atoms with Gasteiger partial charge in [-0.15, -0.1) is 0 Å². The zero-order chi connectivity index (χ0) is 13.9. The lowest BCUT2D eigenvalue weighted by molar-refractivity contribution is -0.119. The molecule has 19 heavy (non-hydrogen) atoms. The van der Waals surface area contributed by atoms with Crippen LogP contribution in [0.2, 0.25) is 0 Å². The number of halogens is 1. The molecule has 0 saturated heterocycles. The molecule has 1 saturated carbocycles. The van der Waals surface area contributed by atoms with Gasteiger partial charge in [-0.1, -0.05) is 25.3 Å². The summed E-state index contributed by atoms with van der Waals surface area (Å²) in [5.41, 5.74) is 6.48. The normalized spacial score (nSPS) is 18.1. The first-order valence-corrected chi connectivity index (χ1v) is 6.81. The number of carbonyl (C=O) groups is 1. The lowest BCUT2D eigenvalue weighted by atomic mass is 9.80. The third-order valence-corrected chi connectivity index (χ3v) is 3.92. The number of hydrogen-bond donors (Lipinski definition) is 1. The number of benzene rings is 1. The fourth-order valence-electron chi connectivity index (χ4n) is 2.68. The van der Waals surface area contributed by atoms with Gasteiger partial charge in [0, 0.05) is 24.7 Å². The fourth-order valence-corrected chi connectivity index (χ4v) is 2.68. The number of nitrogens with two attached hydrogens (primary N) is 1. The molecule has 0 heterocycles. The summed E-state index contributed by atoms with van der Waals surface area (Å²) in [6.07, 6.45) is 5.51. The Morgan fingerprint density at radius 1 is 1.37 bits per heavy atom. The minimum Gasteiger partial charge on any atom is -0.325 e. The van der Waals surface area contributed by atoms with Crippen LogP contribution in [0, 0.1) is 5.82 Å². The molecular weight excluding hydrogens is 243 g/mol. The highest BCUT2D eigenvalue weighted by Crippen LogP contribution is 2.29. The minimum absolute atomic E-state index is 0.0463. The topological polar surface area (TPSA) is 46.3 Å². The molecule has 2 rings (SSSR count). The monoisotopic (exact) mass is 264 g/mol. The molecule has 0 radical (unpaired) electrons. The van der Waals surface area contributed by atoms with E-state index in [1.54, 1.807) is 19.2 Å². The molecule has 1 aliphatic carbocycles. The zero-order valence-corrected chi connectivity index (χ0v) is 11.4. The van der Waals surface area contributed by atoms with Crippen molar-refractivity contribution in [3.05, 3.63) is 30.1 Å². The third kappa shape index (κ3) is 3.53. The molecule has 1 aliphatic rings. The summed E-state index contributed by atoms with van der Waals surface area (Å²) in [6.45, 7) is 0. The van der Waals surface area contributed by atoms with E-state index in [1.807, 2.05) is 0 Å². The summed E-state index contributed by atoms with van der Waals surface area (Å²) in [4.78, 5) is 13.7. The largest absolute Gasteiger partial charge is 0.325 e.